The zero-order chi connectivity index (χ0) is 12.5. The summed E-state index contributed by atoms with van der Waals surface area (Å²) >= 11 is 0. The molecule has 1 aromatic rings. The number of azide groups is 1. The molecule has 0 aliphatic rings. The van der Waals surface area contributed by atoms with Gasteiger partial charge in [-0.25, -0.2) is 8.78 Å². The predicted octanol–water partition coefficient (Wildman–Crippen LogP) is 3.09. The van der Waals surface area contributed by atoms with Crippen LogP contribution in [0.15, 0.2) is 5.11 Å². The molecule has 0 saturated heterocycles. The Balaban J connectivity index is 3.76. The second kappa shape index (κ2) is 4.03. The Labute approximate surface area is 83.9 Å². The van der Waals surface area contributed by atoms with Crippen molar-refractivity contribution in [1.82, 2.24) is 0 Å². The minimum absolute atomic E-state index is 1.59. The molecule has 0 unspecified atom stereocenters. The molecule has 1 aromatic carbocycles. The smallest absolute Gasteiger partial charge is 0.258 e. The molecule has 0 N–H and O–H groups in total. The summed E-state index contributed by atoms with van der Waals surface area (Å²) in [5.41, 5.74) is 4.30. The quantitative estimate of drug-likeness (QED) is 0.150. The largest absolute Gasteiger partial charge is 0.346 e. The fraction of sp³-hybridized carbons (Fsp3) is 0. The maximum Gasteiger partial charge on any atom is 0.346 e. The zero-order valence-corrected chi connectivity index (χ0v) is 7.12. The minimum atomic E-state index is -2.23. The van der Waals surface area contributed by atoms with Crippen LogP contribution in [0.2, 0.25) is 0 Å². The van der Waals surface area contributed by atoms with E-state index in [1.165, 1.54) is 0 Å². The highest BCUT2D eigenvalue weighted by Crippen LogP contribution is 2.34. The van der Waals surface area contributed by atoms with E-state index in [-0.39, 0.29) is 0 Å². The Morgan fingerprint density at radius 3 is 1.88 bits per heavy atom. The van der Waals surface area contributed by atoms with Crippen LogP contribution >= 0.6 is 0 Å². The van der Waals surface area contributed by atoms with E-state index in [0.29, 0.717) is 0 Å². The number of hydrogen-bond acceptors (Lipinski definition) is 3. The van der Waals surface area contributed by atoms with Crippen molar-refractivity contribution < 1.29 is 22.5 Å². The predicted molar refractivity (Wildman–Crippen MR) is 41.7 cm³/mol. The molecule has 0 bridgehead atoms. The maximum atomic E-state index is 12.9. The molecule has 0 aliphatic carbocycles. The summed E-state index contributed by atoms with van der Waals surface area (Å²) in [4.78, 5) is 10.4. The molecule has 0 spiro atoms. The molecule has 0 radical (unpaired) electrons. The van der Waals surface area contributed by atoms with Crippen LogP contribution in [0.1, 0.15) is 0 Å². The van der Waals surface area contributed by atoms with Gasteiger partial charge in [-0.1, -0.05) is 5.11 Å². The van der Waals surface area contributed by atoms with E-state index >= 15 is 0 Å². The van der Waals surface area contributed by atoms with E-state index in [0.717, 1.165) is 0 Å². The SMILES string of the molecule is [N-]=[N+]=Nc1c(F)c(F)c([N+](=O)[O-])c(F)c1F. The highest BCUT2D eigenvalue weighted by atomic mass is 19.2. The van der Waals surface area contributed by atoms with Crippen molar-refractivity contribution in [2.75, 3.05) is 0 Å². The first-order chi connectivity index (χ1) is 7.41. The van der Waals surface area contributed by atoms with Gasteiger partial charge in [0.2, 0.25) is 11.6 Å². The lowest BCUT2D eigenvalue weighted by Gasteiger charge is -2.02. The molecule has 84 valence electrons. The topological polar surface area (TPSA) is 91.9 Å². The number of nitro groups is 1. The molecule has 0 aliphatic heterocycles. The van der Waals surface area contributed by atoms with Crippen molar-refractivity contribution in [3.8, 4) is 0 Å². The first-order valence-electron chi connectivity index (χ1n) is 3.47. The van der Waals surface area contributed by atoms with E-state index in [1.54, 1.807) is 0 Å². The number of benzene rings is 1. The van der Waals surface area contributed by atoms with Crippen LogP contribution in [0.5, 0.6) is 0 Å². The average molecular weight is 236 g/mol. The Kier molecular flexibility index (Phi) is 2.95. The highest BCUT2D eigenvalue weighted by Gasteiger charge is 2.32. The van der Waals surface area contributed by atoms with Crippen LogP contribution in [0.25, 0.3) is 10.4 Å². The van der Waals surface area contributed by atoms with Crippen LogP contribution in [0.4, 0.5) is 28.9 Å². The third kappa shape index (κ3) is 1.61. The van der Waals surface area contributed by atoms with E-state index in [9.17, 15) is 27.7 Å². The summed E-state index contributed by atoms with van der Waals surface area (Å²) < 4.78 is 51.5. The number of rotatable bonds is 2. The van der Waals surface area contributed by atoms with Crippen LogP contribution in [0.3, 0.4) is 0 Å². The van der Waals surface area contributed by atoms with E-state index in [4.69, 9.17) is 5.53 Å². The first-order valence-corrected chi connectivity index (χ1v) is 3.47. The fourth-order valence-corrected chi connectivity index (χ4v) is 0.901. The van der Waals surface area contributed by atoms with Crippen molar-refractivity contribution in [3.63, 3.8) is 0 Å². The highest BCUT2D eigenvalue weighted by molar-refractivity contribution is 5.49. The normalized spacial score (nSPS) is 9.75. The number of nitro benzene ring substituents is 1. The molecule has 0 fully saturated rings. The van der Waals surface area contributed by atoms with E-state index in [1.807, 2.05) is 4.91 Å². The van der Waals surface area contributed by atoms with Crippen LogP contribution in [-0.2, 0) is 0 Å². The van der Waals surface area contributed by atoms with Gasteiger partial charge in [0.25, 0.3) is 0 Å². The molecule has 16 heavy (non-hydrogen) atoms. The van der Waals surface area contributed by atoms with Crippen molar-refractivity contribution in [1.29, 1.82) is 0 Å². The van der Waals surface area contributed by atoms with Gasteiger partial charge in [0.15, 0.2) is 11.6 Å². The summed E-state index contributed by atoms with van der Waals surface area (Å²) in [6.07, 6.45) is 0. The molecular weight excluding hydrogens is 236 g/mol. The van der Waals surface area contributed by atoms with Crippen molar-refractivity contribution in [2.24, 2.45) is 5.11 Å². The lowest BCUT2D eigenvalue weighted by molar-refractivity contribution is -0.390. The van der Waals surface area contributed by atoms with E-state index in [2.05, 4.69) is 5.11 Å². The Morgan fingerprint density at radius 1 is 1.12 bits per heavy atom. The number of halogens is 4. The average Bonchev–Trinajstić information content (AvgIpc) is 2.21. The minimum Gasteiger partial charge on any atom is -0.258 e. The summed E-state index contributed by atoms with van der Waals surface area (Å²) in [5.74, 6) is -8.70. The standard InChI is InChI=1S/C6F4N4O2/c7-1-3(9)6(14(15)16)4(10)2(8)5(1)12-13-11. The van der Waals surface area contributed by atoms with Crippen molar-refractivity contribution in [2.45, 2.75) is 0 Å². The molecule has 0 aromatic heterocycles. The third-order valence-electron chi connectivity index (χ3n) is 1.54. The third-order valence-corrected chi connectivity index (χ3v) is 1.54. The van der Waals surface area contributed by atoms with Gasteiger partial charge in [-0.15, -0.1) is 0 Å². The molecule has 10 heteroatoms. The second-order valence-electron chi connectivity index (χ2n) is 2.40. The lowest BCUT2D eigenvalue weighted by Crippen LogP contribution is -2.03. The van der Waals surface area contributed by atoms with Crippen LogP contribution in [0, 0.1) is 33.4 Å². The fourth-order valence-electron chi connectivity index (χ4n) is 0.901. The summed E-state index contributed by atoms with van der Waals surface area (Å²) in [6.45, 7) is 0. The van der Waals surface area contributed by atoms with Gasteiger partial charge in [0.1, 0.15) is 5.69 Å². The molecule has 0 atom stereocenters. The summed E-state index contributed by atoms with van der Waals surface area (Å²) in [5, 5.41) is 12.5. The van der Waals surface area contributed by atoms with E-state index < -0.39 is 39.6 Å². The van der Waals surface area contributed by atoms with Gasteiger partial charge in [-0.2, -0.15) is 8.78 Å². The van der Waals surface area contributed by atoms with Gasteiger partial charge in [-0.05, 0) is 5.53 Å². The van der Waals surface area contributed by atoms with Gasteiger partial charge in [-0.3, -0.25) is 10.1 Å². The second-order valence-corrected chi connectivity index (χ2v) is 2.40. The Bertz CT molecular complexity index is 464. The molecule has 0 saturated carbocycles. The molecular formula is C6F4N4O2. The summed E-state index contributed by atoms with van der Waals surface area (Å²) in [7, 11) is 0. The summed E-state index contributed by atoms with van der Waals surface area (Å²) in [6, 6.07) is 0. The van der Waals surface area contributed by atoms with Crippen LogP contribution < -0.4 is 0 Å². The van der Waals surface area contributed by atoms with Crippen LogP contribution in [-0.4, -0.2) is 4.92 Å². The van der Waals surface area contributed by atoms with Gasteiger partial charge < -0.3 is 0 Å². The molecule has 0 amide bonds. The van der Waals surface area contributed by atoms with Gasteiger partial charge >= 0.3 is 5.69 Å². The number of hydrogen-bond donors (Lipinski definition) is 0. The number of nitrogens with zero attached hydrogens (tertiary/aromatic N) is 4. The van der Waals surface area contributed by atoms with Crippen molar-refractivity contribution >= 4 is 11.4 Å². The molecule has 0 heterocycles. The van der Waals surface area contributed by atoms with Gasteiger partial charge in [0.05, 0.1) is 4.92 Å². The maximum absolute atomic E-state index is 12.9. The Morgan fingerprint density at radius 2 is 1.56 bits per heavy atom. The Hall–Kier alpha value is -2.35. The van der Waals surface area contributed by atoms with Crippen molar-refractivity contribution in [3.05, 3.63) is 43.8 Å². The monoisotopic (exact) mass is 236 g/mol. The molecule has 6 nitrogen and oxygen atoms in total. The molecule has 1 rings (SSSR count). The zero-order valence-electron chi connectivity index (χ0n) is 7.12. The van der Waals surface area contributed by atoms with Gasteiger partial charge in [0, 0.05) is 4.91 Å². The first kappa shape index (κ1) is 11.7. The lowest BCUT2D eigenvalue weighted by atomic mass is 10.2.